The van der Waals surface area contributed by atoms with E-state index in [0.29, 0.717) is 12.8 Å². The summed E-state index contributed by atoms with van der Waals surface area (Å²) >= 11 is 0. The maximum Gasteiger partial charge on any atom is 0.310 e. The lowest BCUT2D eigenvalue weighted by Crippen LogP contribution is -2.43. The van der Waals surface area contributed by atoms with Gasteiger partial charge in [0.1, 0.15) is 12.2 Å². The SMILES string of the molecule is C[C@@H](CS(=O)(=O)N1CCC(C(=O)OC(C)(C)C)CC1)C(=O)OCc1ccccc1. The van der Waals surface area contributed by atoms with Crippen LogP contribution in [0.25, 0.3) is 0 Å². The zero-order valence-corrected chi connectivity index (χ0v) is 18.4. The van der Waals surface area contributed by atoms with E-state index in [2.05, 4.69) is 0 Å². The van der Waals surface area contributed by atoms with Crippen molar-refractivity contribution < 1.29 is 27.5 Å². The van der Waals surface area contributed by atoms with E-state index in [1.165, 1.54) is 4.31 Å². The molecule has 0 aromatic heterocycles. The number of benzene rings is 1. The molecule has 0 saturated carbocycles. The van der Waals surface area contributed by atoms with Crippen molar-refractivity contribution in [2.75, 3.05) is 18.8 Å². The van der Waals surface area contributed by atoms with Gasteiger partial charge in [-0.2, -0.15) is 0 Å². The average Bonchev–Trinajstić information content (AvgIpc) is 2.65. The summed E-state index contributed by atoms with van der Waals surface area (Å²) in [7, 11) is -3.61. The first kappa shape index (κ1) is 23.3. The number of carbonyl (C=O) groups excluding carboxylic acids is 2. The van der Waals surface area contributed by atoms with Gasteiger partial charge in [0.15, 0.2) is 0 Å². The highest BCUT2D eigenvalue weighted by atomic mass is 32.2. The molecule has 1 aliphatic heterocycles. The summed E-state index contributed by atoms with van der Waals surface area (Å²) in [6.45, 7) is 7.59. The van der Waals surface area contributed by atoms with Crippen molar-refractivity contribution in [3.63, 3.8) is 0 Å². The van der Waals surface area contributed by atoms with Gasteiger partial charge in [0.2, 0.25) is 10.0 Å². The second-order valence-electron chi connectivity index (χ2n) is 8.48. The van der Waals surface area contributed by atoms with Crippen LogP contribution in [-0.4, -0.2) is 49.1 Å². The van der Waals surface area contributed by atoms with Crippen molar-refractivity contribution in [1.29, 1.82) is 0 Å². The Labute approximate surface area is 173 Å². The van der Waals surface area contributed by atoms with Gasteiger partial charge < -0.3 is 9.47 Å². The average molecular weight is 426 g/mol. The topological polar surface area (TPSA) is 90.0 Å². The lowest BCUT2D eigenvalue weighted by molar-refractivity contribution is -0.161. The maximum atomic E-state index is 12.7. The number of ether oxygens (including phenoxy) is 2. The second kappa shape index (κ2) is 9.71. The van der Waals surface area contributed by atoms with E-state index in [0.717, 1.165) is 5.56 Å². The number of carbonyl (C=O) groups is 2. The molecular weight excluding hydrogens is 394 g/mol. The summed E-state index contributed by atoms with van der Waals surface area (Å²) in [5.41, 5.74) is 0.288. The van der Waals surface area contributed by atoms with E-state index >= 15 is 0 Å². The minimum Gasteiger partial charge on any atom is -0.461 e. The Kier molecular flexibility index (Phi) is 7.82. The number of nitrogens with zero attached hydrogens (tertiary/aromatic N) is 1. The predicted octanol–water partition coefficient (Wildman–Crippen LogP) is 2.75. The smallest absolute Gasteiger partial charge is 0.310 e. The van der Waals surface area contributed by atoms with Gasteiger partial charge in [-0.05, 0) is 39.2 Å². The highest BCUT2D eigenvalue weighted by Crippen LogP contribution is 2.24. The molecule has 1 heterocycles. The molecule has 0 aliphatic carbocycles. The lowest BCUT2D eigenvalue weighted by atomic mass is 9.98. The monoisotopic (exact) mass is 425 g/mol. The zero-order valence-electron chi connectivity index (χ0n) is 17.6. The fraction of sp³-hybridized carbons (Fsp3) is 0.619. The van der Waals surface area contributed by atoms with Crippen molar-refractivity contribution in [3.05, 3.63) is 35.9 Å². The number of rotatable bonds is 7. The van der Waals surface area contributed by atoms with Crippen molar-refractivity contribution in [2.45, 2.75) is 52.7 Å². The quantitative estimate of drug-likeness (QED) is 0.624. The number of esters is 2. The first-order valence-corrected chi connectivity index (χ1v) is 11.5. The Morgan fingerprint density at radius 1 is 1.14 bits per heavy atom. The van der Waals surface area contributed by atoms with Crippen LogP contribution in [0.1, 0.15) is 46.1 Å². The molecule has 1 saturated heterocycles. The minimum atomic E-state index is -3.61. The predicted molar refractivity (Wildman–Crippen MR) is 109 cm³/mol. The normalized spacial score (nSPS) is 17.5. The Bertz CT molecular complexity index is 792. The molecule has 0 bridgehead atoms. The van der Waals surface area contributed by atoms with Crippen LogP contribution in [0, 0.1) is 11.8 Å². The van der Waals surface area contributed by atoms with Gasteiger partial charge in [-0.25, -0.2) is 12.7 Å². The molecule has 1 aromatic rings. The molecule has 1 atom stereocenters. The largest absolute Gasteiger partial charge is 0.461 e. The summed E-state index contributed by atoms with van der Waals surface area (Å²) in [6, 6.07) is 9.23. The summed E-state index contributed by atoms with van der Waals surface area (Å²) in [4.78, 5) is 24.4. The highest BCUT2D eigenvalue weighted by molar-refractivity contribution is 7.89. The molecule has 1 aliphatic rings. The van der Waals surface area contributed by atoms with E-state index in [9.17, 15) is 18.0 Å². The summed E-state index contributed by atoms with van der Waals surface area (Å²) < 4.78 is 37.3. The van der Waals surface area contributed by atoms with Gasteiger partial charge in [-0.3, -0.25) is 9.59 Å². The van der Waals surface area contributed by atoms with Crippen molar-refractivity contribution in [2.24, 2.45) is 11.8 Å². The molecule has 7 nitrogen and oxygen atoms in total. The van der Waals surface area contributed by atoms with Crippen molar-refractivity contribution in [1.82, 2.24) is 4.31 Å². The maximum absolute atomic E-state index is 12.7. The number of hydrogen-bond acceptors (Lipinski definition) is 6. The molecule has 0 spiro atoms. The van der Waals surface area contributed by atoms with Gasteiger partial charge in [-0.1, -0.05) is 37.3 Å². The first-order chi connectivity index (χ1) is 13.5. The molecule has 0 amide bonds. The highest BCUT2D eigenvalue weighted by Gasteiger charge is 2.35. The molecule has 0 unspecified atom stereocenters. The van der Waals surface area contributed by atoms with Crippen LogP contribution in [-0.2, 0) is 35.7 Å². The summed E-state index contributed by atoms with van der Waals surface area (Å²) in [5.74, 6) is -2.20. The Morgan fingerprint density at radius 3 is 2.28 bits per heavy atom. The molecule has 29 heavy (non-hydrogen) atoms. The standard InChI is InChI=1S/C21H31NO6S/c1-16(19(23)27-14-17-8-6-5-7-9-17)15-29(25,26)22-12-10-18(11-13-22)20(24)28-21(2,3)4/h5-9,16,18H,10-15H2,1-4H3/t16-/m0/s1. The van der Waals surface area contributed by atoms with Gasteiger partial charge in [0.25, 0.3) is 0 Å². The van der Waals surface area contributed by atoms with Crippen LogP contribution >= 0.6 is 0 Å². The van der Waals surface area contributed by atoms with Crippen LogP contribution in [0.3, 0.4) is 0 Å². The lowest BCUT2D eigenvalue weighted by Gasteiger charge is -2.32. The first-order valence-electron chi connectivity index (χ1n) is 9.89. The van der Waals surface area contributed by atoms with E-state index in [4.69, 9.17) is 9.47 Å². The zero-order chi connectivity index (χ0) is 21.7. The number of sulfonamides is 1. The number of hydrogen-bond donors (Lipinski definition) is 0. The number of piperidine rings is 1. The van der Waals surface area contributed by atoms with Crippen LogP contribution in [0.2, 0.25) is 0 Å². The molecule has 2 rings (SSSR count). The van der Waals surface area contributed by atoms with Crippen LogP contribution < -0.4 is 0 Å². The minimum absolute atomic E-state index is 0.116. The van der Waals surface area contributed by atoms with Crippen LogP contribution in [0.5, 0.6) is 0 Å². The van der Waals surface area contributed by atoms with Crippen LogP contribution in [0.15, 0.2) is 30.3 Å². The van der Waals surface area contributed by atoms with Gasteiger partial charge >= 0.3 is 11.9 Å². The van der Waals surface area contributed by atoms with E-state index in [-0.39, 0.29) is 37.3 Å². The second-order valence-corrected chi connectivity index (χ2v) is 10.5. The molecule has 0 radical (unpaired) electrons. The fourth-order valence-corrected chi connectivity index (χ4v) is 4.86. The summed E-state index contributed by atoms with van der Waals surface area (Å²) in [5, 5.41) is 0. The van der Waals surface area contributed by atoms with E-state index in [1.54, 1.807) is 6.92 Å². The van der Waals surface area contributed by atoms with Gasteiger partial charge in [0.05, 0.1) is 17.6 Å². The van der Waals surface area contributed by atoms with Crippen LogP contribution in [0.4, 0.5) is 0 Å². The van der Waals surface area contributed by atoms with E-state index in [1.807, 2.05) is 51.1 Å². The van der Waals surface area contributed by atoms with Gasteiger partial charge in [0, 0.05) is 13.1 Å². The molecular formula is C21H31NO6S. The van der Waals surface area contributed by atoms with E-state index < -0.39 is 27.5 Å². The molecule has 0 N–H and O–H groups in total. The Hall–Kier alpha value is -1.93. The van der Waals surface area contributed by atoms with Crippen molar-refractivity contribution >= 4 is 22.0 Å². The third-order valence-electron chi connectivity index (χ3n) is 4.67. The molecule has 1 fully saturated rings. The fourth-order valence-electron chi connectivity index (χ4n) is 3.12. The Morgan fingerprint density at radius 2 is 1.72 bits per heavy atom. The van der Waals surface area contributed by atoms with Crippen molar-refractivity contribution in [3.8, 4) is 0 Å². The molecule has 1 aromatic carbocycles. The molecule has 162 valence electrons. The Balaban J connectivity index is 1.83. The third kappa shape index (κ3) is 7.44. The molecule has 8 heteroatoms. The summed E-state index contributed by atoms with van der Waals surface area (Å²) in [6.07, 6.45) is 0.835. The third-order valence-corrected chi connectivity index (χ3v) is 6.75. The van der Waals surface area contributed by atoms with Gasteiger partial charge in [-0.15, -0.1) is 0 Å².